The molecule has 0 spiro atoms. The Labute approximate surface area is 181 Å². The Morgan fingerprint density at radius 1 is 0.968 bits per heavy atom. The van der Waals surface area contributed by atoms with E-state index in [0.29, 0.717) is 34.8 Å². The SMILES string of the molecule is CS(=O)(=O)c1ccc(-c2cc(=O)n(CC3CCCCC3)nc2-c2ccc(F)cc2)cc1. The third kappa shape index (κ3) is 4.93. The lowest BCUT2D eigenvalue weighted by Gasteiger charge is -2.22. The van der Waals surface area contributed by atoms with Gasteiger partial charge in [-0.15, -0.1) is 0 Å². The highest BCUT2D eigenvalue weighted by atomic mass is 32.2. The van der Waals surface area contributed by atoms with Gasteiger partial charge >= 0.3 is 0 Å². The number of hydrogen-bond donors (Lipinski definition) is 0. The van der Waals surface area contributed by atoms with Gasteiger partial charge in [0.25, 0.3) is 5.56 Å². The summed E-state index contributed by atoms with van der Waals surface area (Å²) in [6.45, 7) is 0.570. The maximum Gasteiger partial charge on any atom is 0.267 e. The summed E-state index contributed by atoms with van der Waals surface area (Å²) in [5.41, 5.74) is 2.35. The summed E-state index contributed by atoms with van der Waals surface area (Å²) in [4.78, 5) is 13.1. The molecule has 1 aromatic heterocycles. The second-order valence-corrected chi connectivity index (χ2v) is 10.3. The molecule has 31 heavy (non-hydrogen) atoms. The van der Waals surface area contributed by atoms with E-state index in [1.807, 2.05) is 0 Å². The number of halogens is 1. The third-order valence-corrected chi connectivity index (χ3v) is 6.99. The molecule has 0 N–H and O–H groups in total. The lowest BCUT2D eigenvalue weighted by atomic mass is 9.89. The van der Waals surface area contributed by atoms with Gasteiger partial charge in [-0.3, -0.25) is 4.79 Å². The molecular weight excluding hydrogens is 415 g/mol. The molecule has 0 unspecified atom stereocenters. The molecular formula is C24H25FN2O3S. The van der Waals surface area contributed by atoms with Crippen LogP contribution in [0.4, 0.5) is 4.39 Å². The van der Waals surface area contributed by atoms with Gasteiger partial charge in [0.2, 0.25) is 0 Å². The Morgan fingerprint density at radius 3 is 2.19 bits per heavy atom. The van der Waals surface area contributed by atoms with Crippen molar-refractivity contribution in [1.29, 1.82) is 0 Å². The number of benzene rings is 2. The lowest BCUT2D eigenvalue weighted by molar-refractivity contribution is 0.303. The first kappa shape index (κ1) is 21.4. The number of aromatic nitrogens is 2. The van der Waals surface area contributed by atoms with E-state index in [4.69, 9.17) is 0 Å². The minimum Gasteiger partial charge on any atom is -0.268 e. The normalized spacial score (nSPS) is 15.2. The maximum absolute atomic E-state index is 13.5. The quantitative estimate of drug-likeness (QED) is 0.577. The number of nitrogens with zero attached hydrogens (tertiary/aromatic N) is 2. The van der Waals surface area contributed by atoms with Gasteiger partial charge in [-0.05, 0) is 60.7 Å². The molecule has 1 aliphatic rings. The first-order chi connectivity index (χ1) is 14.8. The van der Waals surface area contributed by atoms with Crippen molar-refractivity contribution in [2.45, 2.75) is 43.5 Å². The molecule has 4 rings (SSSR count). The smallest absolute Gasteiger partial charge is 0.267 e. The highest BCUT2D eigenvalue weighted by molar-refractivity contribution is 7.90. The van der Waals surface area contributed by atoms with Crippen LogP contribution in [0, 0.1) is 11.7 Å². The van der Waals surface area contributed by atoms with Crippen LogP contribution in [0.3, 0.4) is 0 Å². The van der Waals surface area contributed by atoms with Crippen LogP contribution >= 0.6 is 0 Å². The standard InChI is InChI=1S/C24H25FN2O3S/c1-31(29,30)21-13-9-18(10-14-21)22-15-23(28)27(16-17-5-3-2-4-6-17)26-24(22)19-7-11-20(25)12-8-19/h7-15,17H,2-6,16H2,1H3. The maximum atomic E-state index is 13.5. The van der Waals surface area contributed by atoms with Crippen molar-refractivity contribution in [3.63, 3.8) is 0 Å². The summed E-state index contributed by atoms with van der Waals surface area (Å²) in [5.74, 6) is 0.0817. The molecule has 1 aliphatic carbocycles. The molecule has 1 fully saturated rings. The largest absolute Gasteiger partial charge is 0.268 e. The van der Waals surface area contributed by atoms with E-state index in [9.17, 15) is 17.6 Å². The fourth-order valence-electron chi connectivity index (χ4n) is 4.16. The Morgan fingerprint density at radius 2 is 1.58 bits per heavy atom. The first-order valence-electron chi connectivity index (χ1n) is 10.5. The van der Waals surface area contributed by atoms with Crippen molar-refractivity contribution in [3.8, 4) is 22.4 Å². The Hall–Kier alpha value is -2.80. The van der Waals surface area contributed by atoms with E-state index in [1.165, 1.54) is 48.2 Å². The fourth-order valence-corrected chi connectivity index (χ4v) is 4.79. The van der Waals surface area contributed by atoms with E-state index in [2.05, 4.69) is 5.10 Å². The monoisotopic (exact) mass is 440 g/mol. The van der Waals surface area contributed by atoms with Gasteiger partial charge in [0, 0.05) is 30.0 Å². The van der Waals surface area contributed by atoms with Gasteiger partial charge in [-0.2, -0.15) is 5.10 Å². The number of hydrogen-bond acceptors (Lipinski definition) is 4. The summed E-state index contributed by atoms with van der Waals surface area (Å²) < 4.78 is 38.6. The number of sulfone groups is 1. The number of rotatable bonds is 5. The Kier molecular flexibility index (Phi) is 6.05. The van der Waals surface area contributed by atoms with Gasteiger partial charge in [-0.25, -0.2) is 17.5 Å². The summed E-state index contributed by atoms with van der Waals surface area (Å²) in [6.07, 6.45) is 6.93. The van der Waals surface area contributed by atoms with Crippen molar-refractivity contribution in [2.24, 2.45) is 5.92 Å². The molecule has 0 radical (unpaired) electrons. The molecule has 0 bridgehead atoms. The molecule has 2 aromatic carbocycles. The molecule has 0 aliphatic heterocycles. The zero-order valence-corrected chi connectivity index (χ0v) is 18.2. The van der Waals surface area contributed by atoms with Gasteiger partial charge < -0.3 is 0 Å². The third-order valence-electron chi connectivity index (χ3n) is 5.87. The molecule has 3 aromatic rings. The molecule has 1 saturated carbocycles. The van der Waals surface area contributed by atoms with Crippen LogP contribution in [0.1, 0.15) is 32.1 Å². The molecule has 0 saturated heterocycles. The first-order valence-corrected chi connectivity index (χ1v) is 12.4. The van der Waals surface area contributed by atoms with E-state index < -0.39 is 9.84 Å². The zero-order valence-electron chi connectivity index (χ0n) is 17.4. The predicted molar refractivity (Wildman–Crippen MR) is 119 cm³/mol. The van der Waals surface area contributed by atoms with Gasteiger partial charge in [-0.1, -0.05) is 31.4 Å². The van der Waals surface area contributed by atoms with Crippen LogP contribution in [0.5, 0.6) is 0 Å². The summed E-state index contributed by atoms with van der Waals surface area (Å²) >= 11 is 0. The van der Waals surface area contributed by atoms with Crippen LogP contribution in [0.15, 0.2) is 64.3 Å². The highest BCUT2D eigenvalue weighted by Gasteiger charge is 2.18. The van der Waals surface area contributed by atoms with Crippen LogP contribution in [-0.2, 0) is 16.4 Å². The summed E-state index contributed by atoms with van der Waals surface area (Å²) in [6, 6.07) is 13.9. The molecule has 162 valence electrons. The topological polar surface area (TPSA) is 69.0 Å². The van der Waals surface area contributed by atoms with E-state index in [0.717, 1.165) is 19.1 Å². The second kappa shape index (κ2) is 8.75. The van der Waals surface area contributed by atoms with Crippen molar-refractivity contribution in [2.75, 3.05) is 6.26 Å². The van der Waals surface area contributed by atoms with Gasteiger partial charge in [0.15, 0.2) is 9.84 Å². The zero-order chi connectivity index (χ0) is 22.0. The minimum absolute atomic E-state index is 0.196. The van der Waals surface area contributed by atoms with Crippen LogP contribution in [0.25, 0.3) is 22.4 Å². The van der Waals surface area contributed by atoms with Crippen molar-refractivity contribution < 1.29 is 12.8 Å². The summed E-state index contributed by atoms with van der Waals surface area (Å²) in [7, 11) is -3.32. The van der Waals surface area contributed by atoms with Crippen molar-refractivity contribution >= 4 is 9.84 Å². The van der Waals surface area contributed by atoms with E-state index in [-0.39, 0.29) is 16.3 Å². The van der Waals surface area contributed by atoms with Crippen LogP contribution in [-0.4, -0.2) is 24.5 Å². The second-order valence-electron chi connectivity index (χ2n) is 8.23. The molecule has 0 atom stereocenters. The van der Waals surface area contributed by atoms with Crippen LogP contribution in [0.2, 0.25) is 0 Å². The van der Waals surface area contributed by atoms with Crippen LogP contribution < -0.4 is 5.56 Å². The van der Waals surface area contributed by atoms with E-state index in [1.54, 1.807) is 30.3 Å². The molecule has 7 heteroatoms. The molecule has 1 heterocycles. The minimum atomic E-state index is -3.32. The Bertz CT molecular complexity index is 1230. The van der Waals surface area contributed by atoms with Crippen molar-refractivity contribution in [3.05, 3.63) is 70.8 Å². The average molecular weight is 441 g/mol. The Balaban J connectivity index is 1.80. The fraction of sp³-hybridized carbons (Fsp3) is 0.333. The molecule has 0 amide bonds. The molecule has 5 nitrogen and oxygen atoms in total. The summed E-state index contributed by atoms with van der Waals surface area (Å²) in [5, 5.41) is 4.68. The average Bonchev–Trinajstić information content (AvgIpc) is 2.76. The van der Waals surface area contributed by atoms with Crippen molar-refractivity contribution in [1.82, 2.24) is 9.78 Å². The highest BCUT2D eigenvalue weighted by Crippen LogP contribution is 2.31. The lowest BCUT2D eigenvalue weighted by Crippen LogP contribution is -2.27. The van der Waals surface area contributed by atoms with Gasteiger partial charge in [0.05, 0.1) is 10.6 Å². The van der Waals surface area contributed by atoms with E-state index >= 15 is 0 Å². The van der Waals surface area contributed by atoms with Gasteiger partial charge in [0.1, 0.15) is 5.82 Å². The predicted octanol–water partition coefficient (Wildman–Crippen LogP) is 4.70.